The highest BCUT2D eigenvalue weighted by atomic mass is 32.2. The molecule has 0 radical (unpaired) electrons. The summed E-state index contributed by atoms with van der Waals surface area (Å²) in [5.74, 6) is 0.785. The molecule has 0 unspecified atom stereocenters. The molecule has 0 saturated heterocycles. The maximum atomic E-state index is 12.2. The maximum Gasteiger partial charge on any atom is 0.276 e. The second-order valence-electron chi connectivity index (χ2n) is 5.72. The lowest BCUT2D eigenvalue weighted by atomic mass is 10.1. The van der Waals surface area contributed by atoms with Crippen molar-refractivity contribution >= 4 is 21.3 Å². The van der Waals surface area contributed by atoms with Crippen molar-refractivity contribution in [3.05, 3.63) is 65.7 Å². The van der Waals surface area contributed by atoms with E-state index in [1.807, 2.05) is 44.2 Å². The molecule has 2 rings (SSSR count). The third-order valence-electron chi connectivity index (χ3n) is 3.64. The number of hydrazone groups is 1. The van der Waals surface area contributed by atoms with Gasteiger partial charge in [-0.15, -0.1) is 0 Å². The summed E-state index contributed by atoms with van der Waals surface area (Å²) in [4.78, 5) is 2.45. The lowest BCUT2D eigenvalue weighted by Crippen LogP contribution is -2.19. The van der Waals surface area contributed by atoms with Crippen LogP contribution in [-0.2, 0) is 10.0 Å². The summed E-state index contributed by atoms with van der Waals surface area (Å²) in [6.07, 6.45) is 1.82. The van der Waals surface area contributed by atoms with Gasteiger partial charge in [0, 0.05) is 0 Å². The topological polar surface area (TPSA) is 67.8 Å². The molecule has 0 atom stereocenters. The molecule has 132 valence electrons. The van der Waals surface area contributed by atoms with E-state index in [1.165, 1.54) is 0 Å². The minimum absolute atomic E-state index is 0.186. The van der Waals surface area contributed by atoms with E-state index in [0.717, 1.165) is 22.4 Å². The van der Waals surface area contributed by atoms with Crippen LogP contribution < -0.4 is 9.57 Å². The first-order valence-corrected chi connectivity index (χ1v) is 9.25. The number of methoxy groups -OCH3 is 1. The van der Waals surface area contributed by atoms with Gasteiger partial charge in [-0.05, 0) is 62.2 Å². The van der Waals surface area contributed by atoms with Gasteiger partial charge < -0.3 is 4.74 Å². The minimum Gasteiger partial charge on any atom is -0.497 e. The molecule has 0 saturated carbocycles. The predicted molar refractivity (Wildman–Crippen MR) is 101 cm³/mol. The van der Waals surface area contributed by atoms with Gasteiger partial charge in [0.2, 0.25) is 0 Å². The van der Waals surface area contributed by atoms with Gasteiger partial charge in [-0.1, -0.05) is 29.8 Å². The molecule has 0 aliphatic carbocycles. The Balaban J connectivity index is 2.13. The molecule has 0 bridgehead atoms. The molecule has 0 aromatic heterocycles. The van der Waals surface area contributed by atoms with Crippen molar-refractivity contribution in [2.45, 2.75) is 25.7 Å². The number of rotatable bonds is 6. The summed E-state index contributed by atoms with van der Waals surface area (Å²) in [7, 11) is -2.05. The monoisotopic (exact) mass is 358 g/mol. The van der Waals surface area contributed by atoms with Gasteiger partial charge in [0.15, 0.2) is 0 Å². The van der Waals surface area contributed by atoms with Crippen molar-refractivity contribution in [1.29, 1.82) is 0 Å². The number of hydrogen-bond acceptors (Lipinski definition) is 4. The second kappa shape index (κ2) is 7.98. The SMILES string of the molecule is COc1ccc(C(C)=CC(C)=NNS(=O)(=O)c2ccc(C)cc2)cc1. The van der Waals surface area contributed by atoms with Crippen molar-refractivity contribution in [1.82, 2.24) is 4.83 Å². The highest BCUT2D eigenvalue weighted by Crippen LogP contribution is 2.18. The van der Waals surface area contributed by atoms with Gasteiger partial charge in [-0.2, -0.15) is 18.4 Å². The molecule has 1 N–H and O–H groups in total. The van der Waals surface area contributed by atoms with Crippen LogP contribution in [0.25, 0.3) is 5.57 Å². The first kappa shape index (κ1) is 18.7. The fourth-order valence-electron chi connectivity index (χ4n) is 2.19. The van der Waals surface area contributed by atoms with Gasteiger partial charge in [0.25, 0.3) is 10.0 Å². The van der Waals surface area contributed by atoms with Gasteiger partial charge >= 0.3 is 0 Å². The zero-order valence-electron chi connectivity index (χ0n) is 14.8. The van der Waals surface area contributed by atoms with E-state index < -0.39 is 10.0 Å². The van der Waals surface area contributed by atoms with E-state index >= 15 is 0 Å². The number of nitrogens with one attached hydrogen (secondary N) is 1. The quantitative estimate of drug-likeness (QED) is 0.631. The van der Waals surface area contributed by atoms with E-state index in [4.69, 9.17) is 4.74 Å². The maximum absolute atomic E-state index is 12.2. The van der Waals surface area contributed by atoms with Crippen molar-refractivity contribution in [3.63, 3.8) is 0 Å². The molecule has 0 spiro atoms. The average Bonchev–Trinajstić information content (AvgIpc) is 2.60. The van der Waals surface area contributed by atoms with Gasteiger partial charge in [-0.25, -0.2) is 0 Å². The van der Waals surface area contributed by atoms with Crippen molar-refractivity contribution in [2.24, 2.45) is 5.10 Å². The fraction of sp³-hybridized carbons (Fsp3) is 0.211. The standard InChI is InChI=1S/C19H22N2O3S/c1-14-5-11-19(12-6-14)25(22,23)21-20-16(3)13-15(2)17-7-9-18(24-4)10-8-17/h5-13,21H,1-4H3. The van der Waals surface area contributed by atoms with Crippen LogP contribution in [0.5, 0.6) is 5.75 Å². The molecule has 0 heterocycles. The van der Waals surface area contributed by atoms with Crippen LogP contribution >= 0.6 is 0 Å². The number of nitrogens with zero attached hydrogens (tertiary/aromatic N) is 1. The number of benzene rings is 2. The summed E-state index contributed by atoms with van der Waals surface area (Å²) in [5.41, 5.74) is 3.54. The van der Waals surface area contributed by atoms with Gasteiger partial charge in [-0.3, -0.25) is 0 Å². The lowest BCUT2D eigenvalue weighted by molar-refractivity contribution is 0.415. The van der Waals surface area contributed by atoms with Crippen LogP contribution in [0.15, 0.2) is 64.6 Å². The van der Waals surface area contributed by atoms with E-state index in [0.29, 0.717) is 5.71 Å². The Labute approximate surface area is 149 Å². The summed E-state index contributed by atoms with van der Waals surface area (Å²) in [5, 5.41) is 3.97. The highest BCUT2D eigenvalue weighted by Gasteiger charge is 2.12. The third-order valence-corrected chi connectivity index (χ3v) is 4.87. The summed E-state index contributed by atoms with van der Waals surface area (Å²) in [6.45, 7) is 5.58. The number of aryl methyl sites for hydroxylation is 1. The third kappa shape index (κ3) is 5.19. The first-order valence-electron chi connectivity index (χ1n) is 7.77. The molecule has 0 aliphatic rings. The molecule has 0 aliphatic heterocycles. The van der Waals surface area contributed by atoms with Crippen molar-refractivity contribution in [3.8, 4) is 5.75 Å². The molecule has 2 aromatic carbocycles. The van der Waals surface area contributed by atoms with E-state index in [2.05, 4.69) is 9.93 Å². The normalized spacial score (nSPS) is 12.8. The molecular weight excluding hydrogens is 336 g/mol. The van der Waals surface area contributed by atoms with Crippen molar-refractivity contribution < 1.29 is 13.2 Å². The number of allylic oxidation sites excluding steroid dienone is 2. The van der Waals surface area contributed by atoms with Gasteiger partial charge in [0.1, 0.15) is 5.75 Å². The second-order valence-corrected chi connectivity index (χ2v) is 7.38. The Morgan fingerprint density at radius 3 is 2.20 bits per heavy atom. The molecule has 25 heavy (non-hydrogen) atoms. The number of ether oxygens (including phenoxy) is 1. The summed E-state index contributed by atoms with van der Waals surface area (Å²) < 4.78 is 29.6. The largest absolute Gasteiger partial charge is 0.497 e. The summed E-state index contributed by atoms with van der Waals surface area (Å²) in [6, 6.07) is 14.2. The van der Waals surface area contributed by atoms with E-state index in [-0.39, 0.29) is 4.90 Å². The Morgan fingerprint density at radius 1 is 1.04 bits per heavy atom. The Kier molecular flexibility index (Phi) is 5.98. The fourth-order valence-corrected chi connectivity index (χ4v) is 3.05. The average molecular weight is 358 g/mol. The smallest absolute Gasteiger partial charge is 0.276 e. The predicted octanol–water partition coefficient (Wildman–Crippen LogP) is 3.76. The zero-order chi connectivity index (χ0) is 18.4. The van der Waals surface area contributed by atoms with Crippen LogP contribution in [0.3, 0.4) is 0 Å². The molecule has 0 fully saturated rings. The lowest BCUT2D eigenvalue weighted by Gasteiger charge is -2.06. The number of hydrogen-bond donors (Lipinski definition) is 1. The molecule has 2 aromatic rings. The first-order chi connectivity index (χ1) is 11.8. The van der Waals surface area contributed by atoms with Crippen LogP contribution in [0.4, 0.5) is 0 Å². The van der Waals surface area contributed by atoms with Crippen LogP contribution in [0.2, 0.25) is 0 Å². The Morgan fingerprint density at radius 2 is 1.64 bits per heavy atom. The molecule has 6 heteroatoms. The molecular formula is C19H22N2O3S. The van der Waals surface area contributed by atoms with Gasteiger partial charge in [0.05, 0.1) is 17.7 Å². The van der Waals surface area contributed by atoms with Crippen molar-refractivity contribution in [2.75, 3.05) is 7.11 Å². The van der Waals surface area contributed by atoms with E-state index in [1.54, 1.807) is 38.3 Å². The van der Waals surface area contributed by atoms with Crippen LogP contribution in [0.1, 0.15) is 25.0 Å². The summed E-state index contributed by atoms with van der Waals surface area (Å²) >= 11 is 0. The molecule has 0 amide bonds. The highest BCUT2D eigenvalue weighted by molar-refractivity contribution is 7.89. The number of sulfonamides is 1. The Hall–Kier alpha value is -2.60. The minimum atomic E-state index is -3.66. The zero-order valence-corrected chi connectivity index (χ0v) is 15.6. The van der Waals surface area contributed by atoms with Crippen LogP contribution in [-0.4, -0.2) is 21.2 Å². The Bertz CT molecular complexity index is 881. The van der Waals surface area contributed by atoms with E-state index in [9.17, 15) is 8.42 Å². The molecule has 5 nitrogen and oxygen atoms in total. The van der Waals surface area contributed by atoms with Crippen LogP contribution in [0, 0.1) is 6.92 Å².